The zero-order chi connectivity index (χ0) is 16.2. The van der Waals surface area contributed by atoms with E-state index in [1.807, 2.05) is 4.90 Å². The Hall–Kier alpha value is -2.11. The SMILES string of the molecule is O=C(Nc1ccccc1F)[C@H]1CCCN(C(=O)N2CCCC2)C1. The van der Waals surface area contributed by atoms with Gasteiger partial charge in [-0.25, -0.2) is 9.18 Å². The number of anilines is 1. The van der Waals surface area contributed by atoms with Crippen molar-refractivity contribution in [3.05, 3.63) is 30.1 Å². The van der Waals surface area contributed by atoms with Crippen LogP contribution >= 0.6 is 0 Å². The van der Waals surface area contributed by atoms with Crippen LogP contribution in [0.25, 0.3) is 0 Å². The van der Waals surface area contributed by atoms with Gasteiger partial charge in [0.2, 0.25) is 5.91 Å². The van der Waals surface area contributed by atoms with E-state index < -0.39 is 5.82 Å². The topological polar surface area (TPSA) is 52.7 Å². The minimum absolute atomic E-state index is 0.0332. The zero-order valence-corrected chi connectivity index (χ0v) is 13.1. The summed E-state index contributed by atoms with van der Waals surface area (Å²) >= 11 is 0. The monoisotopic (exact) mass is 319 g/mol. The molecular weight excluding hydrogens is 297 g/mol. The molecule has 1 atom stereocenters. The van der Waals surface area contributed by atoms with E-state index in [2.05, 4.69) is 5.32 Å². The molecule has 1 aromatic carbocycles. The molecule has 0 saturated carbocycles. The summed E-state index contributed by atoms with van der Waals surface area (Å²) in [5.74, 6) is -0.939. The van der Waals surface area contributed by atoms with E-state index in [1.54, 1.807) is 23.1 Å². The van der Waals surface area contributed by atoms with Crippen molar-refractivity contribution in [1.29, 1.82) is 0 Å². The molecular formula is C17H22FN3O2. The molecule has 6 heteroatoms. The van der Waals surface area contributed by atoms with Crippen molar-refractivity contribution < 1.29 is 14.0 Å². The molecule has 2 aliphatic rings. The van der Waals surface area contributed by atoms with E-state index in [0.29, 0.717) is 13.1 Å². The highest BCUT2D eigenvalue weighted by Gasteiger charge is 2.31. The number of halogens is 1. The largest absolute Gasteiger partial charge is 0.325 e. The average molecular weight is 319 g/mol. The number of amides is 3. The number of nitrogens with zero attached hydrogens (tertiary/aromatic N) is 2. The molecule has 23 heavy (non-hydrogen) atoms. The number of carbonyl (C=O) groups excluding carboxylic acids is 2. The number of para-hydroxylation sites is 1. The molecule has 0 bridgehead atoms. The van der Waals surface area contributed by atoms with Gasteiger partial charge in [0.15, 0.2) is 0 Å². The average Bonchev–Trinajstić information content (AvgIpc) is 3.11. The molecule has 0 aromatic heterocycles. The molecule has 2 aliphatic heterocycles. The number of hydrogen-bond acceptors (Lipinski definition) is 2. The van der Waals surface area contributed by atoms with Crippen LogP contribution in [0.3, 0.4) is 0 Å². The minimum atomic E-state index is -0.443. The Balaban J connectivity index is 1.60. The molecule has 5 nitrogen and oxygen atoms in total. The highest BCUT2D eigenvalue weighted by molar-refractivity contribution is 5.93. The van der Waals surface area contributed by atoms with Gasteiger partial charge in [0.25, 0.3) is 0 Å². The van der Waals surface area contributed by atoms with Crippen LogP contribution < -0.4 is 5.32 Å². The van der Waals surface area contributed by atoms with Gasteiger partial charge in [0.1, 0.15) is 5.82 Å². The predicted molar refractivity (Wildman–Crippen MR) is 85.5 cm³/mol. The number of piperidine rings is 1. The Bertz CT molecular complexity index is 587. The molecule has 2 heterocycles. The number of rotatable bonds is 2. The third-order valence-electron chi connectivity index (χ3n) is 4.57. The standard InChI is InChI=1S/C17H22FN3O2/c18-14-7-1-2-8-15(14)19-16(22)13-6-5-11-21(12-13)17(23)20-9-3-4-10-20/h1-2,7-8,13H,3-6,9-12H2,(H,19,22)/t13-/m0/s1. The molecule has 2 saturated heterocycles. The Labute approximate surface area is 135 Å². The fraction of sp³-hybridized carbons (Fsp3) is 0.529. The van der Waals surface area contributed by atoms with Gasteiger partial charge in [-0.2, -0.15) is 0 Å². The number of carbonyl (C=O) groups is 2. The Morgan fingerprint density at radius 1 is 1.04 bits per heavy atom. The van der Waals surface area contributed by atoms with E-state index in [9.17, 15) is 14.0 Å². The highest BCUT2D eigenvalue weighted by Crippen LogP contribution is 2.22. The summed E-state index contributed by atoms with van der Waals surface area (Å²) in [6.07, 6.45) is 3.63. The third kappa shape index (κ3) is 3.63. The number of hydrogen-bond donors (Lipinski definition) is 1. The van der Waals surface area contributed by atoms with Crippen LogP contribution in [0, 0.1) is 11.7 Å². The molecule has 1 N–H and O–H groups in total. The van der Waals surface area contributed by atoms with Crippen molar-refractivity contribution in [2.45, 2.75) is 25.7 Å². The van der Waals surface area contributed by atoms with Crippen LogP contribution in [0.15, 0.2) is 24.3 Å². The van der Waals surface area contributed by atoms with Crippen molar-refractivity contribution in [3.8, 4) is 0 Å². The first kappa shape index (κ1) is 15.8. The van der Waals surface area contributed by atoms with Gasteiger partial charge in [0.05, 0.1) is 11.6 Å². The van der Waals surface area contributed by atoms with E-state index in [4.69, 9.17) is 0 Å². The highest BCUT2D eigenvalue weighted by atomic mass is 19.1. The van der Waals surface area contributed by atoms with Crippen LogP contribution in [0.1, 0.15) is 25.7 Å². The lowest BCUT2D eigenvalue weighted by Gasteiger charge is -2.34. The number of nitrogens with one attached hydrogen (secondary N) is 1. The van der Waals surface area contributed by atoms with Crippen molar-refractivity contribution in [2.24, 2.45) is 5.92 Å². The molecule has 3 rings (SSSR count). The quantitative estimate of drug-likeness (QED) is 0.911. The summed E-state index contributed by atoms with van der Waals surface area (Å²) in [6.45, 7) is 2.72. The van der Waals surface area contributed by atoms with E-state index in [-0.39, 0.29) is 23.5 Å². The van der Waals surface area contributed by atoms with E-state index >= 15 is 0 Å². The van der Waals surface area contributed by atoms with E-state index in [0.717, 1.165) is 38.8 Å². The lowest BCUT2D eigenvalue weighted by Crippen LogP contribution is -2.48. The second-order valence-electron chi connectivity index (χ2n) is 6.23. The molecule has 0 radical (unpaired) electrons. The first-order valence-electron chi connectivity index (χ1n) is 8.24. The maximum absolute atomic E-state index is 13.6. The van der Waals surface area contributed by atoms with Gasteiger partial charge in [-0.05, 0) is 37.8 Å². The lowest BCUT2D eigenvalue weighted by molar-refractivity contribution is -0.121. The van der Waals surface area contributed by atoms with Crippen molar-refractivity contribution >= 4 is 17.6 Å². The molecule has 3 amide bonds. The van der Waals surface area contributed by atoms with Crippen LogP contribution in [-0.2, 0) is 4.79 Å². The first-order chi connectivity index (χ1) is 11.1. The fourth-order valence-electron chi connectivity index (χ4n) is 3.27. The third-order valence-corrected chi connectivity index (χ3v) is 4.57. The maximum Gasteiger partial charge on any atom is 0.320 e. The number of urea groups is 1. The second-order valence-corrected chi connectivity index (χ2v) is 6.23. The van der Waals surface area contributed by atoms with Gasteiger partial charge in [-0.3, -0.25) is 4.79 Å². The molecule has 2 fully saturated rings. The fourth-order valence-corrected chi connectivity index (χ4v) is 3.27. The summed E-state index contributed by atoms with van der Waals surface area (Å²) in [4.78, 5) is 28.4. The van der Waals surface area contributed by atoms with Crippen molar-refractivity contribution in [1.82, 2.24) is 9.80 Å². The summed E-state index contributed by atoms with van der Waals surface area (Å²) < 4.78 is 13.6. The summed E-state index contributed by atoms with van der Waals surface area (Å²) in [5, 5.41) is 2.64. The maximum atomic E-state index is 13.6. The molecule has 0 spiro atoms. The minimum Gasteiger partial charge on any atom is -0.325 e. The Morgan fingerprint density at radius 3 is 2.48 bits per heavy atom. The van der Waals surface area contributed by atoms with Crippen molar-refractivity contribution in [2.75, 3.05) is 31.5 Å². The van der Waals surface area contributed by atoms with Crippen LogP contribution in [0.2, 0.25) is 0 Å². The van der Waals surface area contributed by atoms with Crippen LogP contribution in [-0.4, -0.2) is 47.9 Å². The first-order valence-corrected chi connectivity index (χ1v) is 8.24. The Morgan fingerprint density at radius 2 is 1.74 bits per heavy atom. The molecule has 0 unspecified atom stereocenters. The van der Waals surface area contributed by atoms with Crippen LogP contribution in [0.5, 0.6) is 0 Å². The summed E-state index contributed by atoms with van der Waals surface area (Å²) in [5.41, 5.74) is 0.195. The molecule has 124 valence electrons. The van der Waals surface area contributed by atoms with Crippen LogP contribution in [0.4, 0.5) is 14.9 Å². The Kier molecular flexibility index (Phi) is 4.79. The number of benzene rings is 1. The summed E-state index contributed by atoms with van der Waals surface area (Å²) in [6, 6.07) is 6.17. The molecule has 1 aromatic rings. The van der Waals surface area contributed by atoms with Gasteiger partial charge in [-0.1, -0.05) is 12.1 Å². The van der Waals surface area contributed by atoms with Gasteiger partial charge < -0.3 is 15.1 Å². The molecule has 0 aliphatic carbocycles. The van der Waals surface area contributed by atoms with Gasteiger partial charge in [-0.15, -0.1) is 0 Å². The lowest BCUT2D eigenvalue weighted by atomic mass is 9.97. The second kappa shape index (κ2) is 6.98. The normalized spacial score (nSPS) is 21.3. The predicted octanol–water partition coefficient (Wildman–Crippen LogP) is 2.69. The summed E-state index contributed by atoms with van der Waals surface area (Å²) in [7, 11) is 0. The van der Waals surface area contributed by atoms with Crippen molar-refractivity contribution in [3.63, 3.8) is 0 Å². The number of likely N-dealkylation sites (tertiary alicyclic amines) is 2. The smallest absolute Gasteiger partial charge is 0.320 e. The van der Waals surface area contributed by atoms with Gasteiger partial charge >= 0.3 is 6.03 Å². The van der Waals surface area contributed by atoms with E-state index in [1.165, 1.54) is 6.07 Å². The zero-order valence-electron chi connectivity index (χ0n) is 13.1. The van der Waals surface area contributed by atoms with Gasteiger partial charge in [0, 0.05) is 26.2 Å².